The first-order valence-corrected chi connectivity index (χ1v) is 19.7. The second kappa shape index (κ2) is 13.9. The average molecular weight is 778 g/mol. The lowest BCUT2D eigenvalue weighted by molar-refractivity contribution is 0.0122. The minimum absolute atomic E-state index is 0.0764. The normalized spacial score (nSPS) is 25.0. The summed E-state index contributed by atoms with van der Waals surface area (Å²) in [6.45, 7) is 7.28. The Morgan fingerprint density at radius 1 is 0.964 bits per heavy atom. The van der Waals surface area contributed by atoms with E-state index < -0.39 is 40.9 Å². The number of aromatic nitrogens is 2. The number of methoxy groups -OCH3 is 1. The predicted molar refractivity (Wildman–Crippen MR) is 202 cm³/mol. The Balaban J connectivity index is 1.18. The zero-order valence-electron chi connectivity index (χ0n) is 32.2. The molecule has 3 aromatic carbocycles. The topological polar surface area (TPSA) is 89.5 Å². The summed E-state index contributed by atoms with van der Waals surface area (Å²) in [4.78, 5) is 28.6. The largest absolute Gasteiger partial charge is 0.468 e. The van der Waals surface area contributed by atoms with Crippen LogP contribution >= 0.6 is 0 Å². The quantitative estimate of drug-likeness (QED) is 0.123. The minimum Gasteiger partial charge on any atom is -0.468 e. The van der Waals surface area contributed by atoms with Crippen molar-refractivity contribution in [2.45, 2.75) is 101 Å². The van der Waals surface area contributed by atoms with Crippen molar-refractivity contribution in [3.8, 4) is 22.9 Å². The highest BCUT2D eigenvalue weighted by Crippen LogP contribution is 2.49. The highest BCUT2D eigenvalue weighted by Gasteiger charge is 2.50. The van der Waals surface area contributed by atoms with Crippen molar-refractivity contribution in [1.82, 2.24) is 19.8 Å². The summed E-state index contributed by atoms with van der Waals surface area (Å²) in [7, 11) is 1.47. The molecule has 1 aliphatic carbocycles. The van der Waals surface area contributed by atoms with Crippen LogP contribution in [0.4, 0.5) is 28.2 Å². The molecule has 5 aliphatic rings. The van der Waals surface area contributed by atoms with Crippen LogP contribution in [0.3, 0.4) is 0 Å². The van der Waals surface area contributed by atoms with Crippen molar-refractivity contribution in [3.63, 3.8) is 0 Å². The molecule has 2 bridgehead atoms. The minimum atomic E-state index is -0.976. The number of fused-ring (bicyclic) bond motifs is 5. The zero-order chi connectivity index (χ0) is 39.1. The number of nitrogens with zero attached hydrogens (tertiary/aromatic N) is 5. The fraction of sp³-hybridized carbons (Fsp3) is 0.548. The molecule has 5 heterocycles. The molecule has 298 valence electrons. The van der Waals surface area contributed by atoms with Gasteiger partial charge in [-0.2, -0.15) is 9.97 Å². The molecular weight excluding hydrogens is 730 g/mol. The molecule has 4 saturated heterocycles. The zero-order valence-corrected chi connectivity index (χ0v) is 32.2. The number of hydrogen-bond donors (Lipinski definition) is 0. The third-order valence-electron chi connectivity index (χ3n) is 12.1. The van der Waals surface area contributed by atoms with E-state index in [2.05, 4.69) is 9.88 Å². The van der Waals surface area contributed by atoms with E-state index in [1.165, 1.54) is 25.3 Å². The molecule has 9 rings (SSSR count). The van der Waals surface area contributed by atoms with Crippen molar-refractivity contribution >= 4 is 33.6 Å². The summed E-state index contributed by atoms with van der Waals surface area (Å²) >= 11 is 0. The number of carbonyl (C=O) groups is 1. The average Bonchev–Trinajstić information content (AvgIpc) is 3.76. The van der Waals surface area contributed by atoms with E-state index in [4.69, 9.17) is 23.9 Å². The van der Waals surface area contributed by atoms with Gasteiger partial charge in [0.25, 0.3) is 0 Å². The van der Waals surface area contributed by atoms with E-state index in [1.807, 2.05) is 25.7 Å². The van der Waals surface area contributed by atoms with Gasteiger partial charge in [0.15, 0.2) is 12.6 Å². The first kappa shape index (κ1) is 37.2. The lowest BCUT2D eigenvalue weighted by atomic mass is 9.91. The molecule has 0 spiro atoms. The van der Waals surface area contributed by atoms with Crippen molar-refractivity contribution in [2.75, 3.05) is 51.6 Å². The molecule has 56 heavy (non-hydrogen) atoms. The maximum absolute atomic E-state index is 17.5. The van der Waals surface area contributed by atoms with Gasteiger partial charge in [-0.1, -0.05) is 6.07 Å². The van der Waals surface area contributed by atoms with Gasteiger partial charge in [-0.05, 0) is 118 Å². The first-order valence-electron chi connectivity index (χ1n) is 19.7. The number of hydrogen-bond acceptors (Lipinski definition) is 9. The van der Waals surface area contributed by atoms with Crippen LogP contribution < -0.4 is 14.4 Å². The number of amides is 1. The Bertz CT molecular complexity index is 2200. The van der Waals surface area contributed by atoms with Gasteiger partial charge in [-0.15, -0.1) is 0 Å². The number of alkyl halides is 1. The molecule has 1 amide bonds. The Labute approximate surface area is 323 Å². The molecular formula is C42H47F4N5O5. The SMILES string of the molecule is COCOc1cc(-c2c(F)cc3c(N4C[C@H]5CC[C@@H](C4)N5C(=O)OC(C)(C)C)nc(OC[C@@]45CCCN4C[C@H](F)C5)nc3c2F)c2c(C3CC3)c(F)ccc2c1. The highest BCUT2D eigenvalue weighted by atomic mass is 19.1. The molecule has 1 saturated carbocycles. The number of rotatable bonds is 9. The monoisotopic (exact) mass is 777 g/mol. The van der Waals surface area contributed by atoms with E-state index in [1.54, 1.807) is 17.0 Å². The van der Waals surface area contributed by atoms with Gasteiger partial charge >= 0.3 is 12.1 Å². The third-order valence-corrected chi connectivity index (χ3v) is 12.1. The molecule has 5 fully saturated rings. The van der Waals surface area contributed by atoms with Crippen molar-refractivity contribution < 1.29 is 41.3 Å². The highest BCUT2D eigenvalue weighted by molar-refractivity contribution is 6.03. The number of anilines is 1. The van der Waals surface area contributed by atoms with Crippen LogP contribution in [-0.2, 0) is 9.47 Å². The first-order chi connectivity index (χ1) is 26.8. The summed E-state index contributed by atoms with van der Waals surface area (Å²) in [5, 5.41) is 1.12. The lowest BCUT2D eigenvalue weighted by Crippen LogP contribution is -2.57. The van der Waals surface area contributed by atoms with Crippen molar-refractivity contribution in [2.24, 2.45) is 0 Å². The van der Waals surface area contributed by atoms with Crippen LogP contribution in [0.1, 0.15) is 77.2 Å². The van der Waals surface area contributed by atoms with E-state index in [0.717, 1.165) is 45.1 Å². The van der Waals surface area contributed by atoms with E-state index >= 15 is 13.2 Å². The van der Waals surface area contributed by atoms with Gasteiger partial charge in [0.05, 0.1) is 23.2 Å². The molecule has 0 N–H and O–H groups in total. The van der Waals surface area contributed by atoms with Crippen LogP contribution in [0, 0.1) is 17.5 Å². The lowest BCUT2D eigenvalue weighted by Gasteiger charge is -2.42. The number of carbonyl (C=O) groups excluding carboxylic acids is 1. The molecule has 4 atom stereocenters. The van der Waals surface area contributed by atoms with Gasteiger partial charge in [0.2, 0.25) is 0 Å². The van der Waals surface area contributed by atoms with Crippen LogP contribution in [0.5, 0.6) is 11.8 Å². The Hall–Kier alpha value is -4.43. The van der Waals surface area contributed by atoms with E-state index in [0.29, 0.717) is 48.1 Å². The Kier molecular flexibility index (Phi) is 9.22. The molecule has 14 heteroatoms. The molecule has 4 aliphatic heterocycles. The second-order valence-corrected chi connectivity index (χ2v) is 17.2. The number of piperazine rings is 1. The summed E-state index contributed by atoms with van der Waals surface area (Å²) in [6.07, 6.45) is 3.61. The van der Waals surface area contributed by atoms with Gasteiger partial charge in [0.1, 0.15) is 47.1 Å². The molecule has 10 nitrogen and oxygen atoms in total. The Morgan fingerprint density at radius 3 is 2.45 bits per heavy atom. The summed E-state index contributed by atoms with van der Waals surface area (Å²) in [6, 6.07) is 6.91. The van der Waals surface area contributed by atoms with Gasteiger partial charge in [-0.25, -0.2) is 22.4 Å². The van der Waals surface area contributed by atoms with Crippen molar-refractivity contribution in [3.05, 3.63) is 53.3 Å². The summed E-state index contributed by atoms with van der Waals surface area (Å²) in [5.41, 5.74) is -1.17. The van der Waals surface area contributed by atoms with Crippen LogP contribution in [0.2, 0.25) is 0 Å². The van der Waals surface area contributed by atoms with Crippen LogP contribution in [0.15, 0.2) is 30.3 Å². The predicted octanol–water partition coefficient (Wildman–Crippen LogP) is 8.27. The smallest absolute Gasteiger partial charge is 0.410 e. The maximum Gasteiger partial charge on any atom is 0.410 e. The fourth-order valence-corrected chi connectivity index (χ4v) is 9.67. The van der Waals surface area contributed by atoms with Gasteiger partial charge in [0, 0.05) is 38.6 Å². The molecule has 4 aromatic rings. The summed E-state index contributed by atoms with van der Waals surface area (Å²) < 4.78 is 87.6. The standard InChI is InChI=1S/C42H47F4N5O5/c1-41(2,3)56-40(52)51-26-9-10-27(51)20-49(19-26)38-30-16-32(45)35(29-15-28(55-22-53-4)14-24-8-11-31(44)34(33(24)29)23-6-7-23)36(46)37(30)47-39(48-38)54-21-42-12-5-13-50(42)18-25(43)17-42/h8,11,14-16,23,25-27H,5-7,9-10,12-13,17-22H2,1-4H3/t25-,26-,27+,42+/m1/s1. The number of halogens is 4. The van der Waals surface area contributed by atoms with E-state index in [9.17, 15) is 9.18 Å². The van der Waals surface area contributed by atoms with Gasteiger partial charge < -0.3 is 23.8 Å². The Morgan fingerprint density at radius 2 is 1.73 bits per heavy atom. The number of ether oxygens (including phenoxy) is 4. The number of benzene rings is 3. The third kappa shape index (κ3) is 6.55. The molecule has 0 radical (unpaired) electrons. The van der Waals surface area contributed by atoms with E-state index in [-0.39, 0.29) is 65.3 Å². The van der Waals surface area contributed by atoms with Gasteiger partial charge in [-0.3, -0.25) is 9.80 Å². The van der Waals surface area contributed by atoms with Crippen molar-refractivity contribution in [1.29, 1.82) is 0 Å². The van der Waals surface area contributed by atoms with Crippen LogP contribution in [-0.4, -0.2) is 102 Å². The van der Waals surface area contributed by atoms with Crippen LogP contribution in [0.25, 0.3) is 32.8 Å². The molecule has 0 unspecified atom stereocenters. The summed E-state index contributed by atoms with van der Waals surface area (Å²) in [5.74, 6) is -1.76. The maximum atomic E-state index is 17.5. The second-order valence-electron chi connectivity index (χ2n) is 17.2. The fourth-order valence-electron chi connectivity index (χ4n) is 9.67. The molecule has 1 aromatic heterocycles.